The molecule has 2 heterocycles. The standard InChI is InChI=1S/C27H29N3O3S/c1-6-29-23-13-8-18(14-21(23)17(3)16-27(29,4)5)15-22-24(31)28-26(34)30(25(22)32)19-9-11-20(12-10-19)33-7-2/h8-16H,6-7H2,1-5H3,(H,28,31,34)/b22-15+. The molecular weight excluding hydrogens is 446 g/mol. The molecule has 7 heteroatoms. The van der Waals surface area contributed by atoms with Gasteiger partial charge in [0, 0.05) is 17.8 Å². The average Bonchev–Trinajstić information content (AvgIpc) is 2.78. The van der Waals surface area contributed by atoms with Crippen LogP contribution in [0.3, 0.4) is 0 Å². The molecule has 1 fully saturated rings. The van der Waals surface area contributed by atoms with Gasteiger partial charge in [0.1, 0.15) is 11.3 Å². The summed E-state index contributed by atoms with van der Waals surface area (Å²) >= 11 is 5.31. The lowest BCUT2D eigenvalue weighted by Crippen LogP contribution is -2.54. The van der Waals surface area contributed by atoms with Gasteiger partial charge in [-0.05, 0) is 100 Å². The zero-order valence-corrected chi connectivity index (χ0v) is 21.0. The number of nitrogens with one attached hydrogen (secondary N) is 1. The lowest BCUT2D eigenvalue weighted by Gasteiger charge is -2.42. The Labute approximate surface area is 205 Å². The van der Waals surface area contributed by atoms with Crippen molar-refractivity contribution in [2.24, 2.45) is 0 Å². The molecule has 0 saturated carbocycles. The van der Waals surface area contributed by atoms with Crippen LogP contribution in [0.1, 0.15) is 45.7 Å². The van der Waals surface area contributed by atoms with Crippen LogP contribution in [0.4, 0.5) is 11.4 Å². The van der Waals surface area contributed by atoms with Crippen LogP contribution in [0.2, 0.25) is 0 Å². The van der Waals surface area contributed by atoms with Crippen molar-refractivity contribution in [3.63, 3.8) is 0 Å². The van der Waals surface area contributed by atoms with Gasteiger partial charge in [0.15, 0.2) is 5.11 Å². The van der Waals surface area contributed by atoms with Gasteiger partial charge < -0.3 is 9.64 Å². The molecule has 4 rings (SSSR count). The fourth-order valence-corrected chi connectivity index (χ4v) is 4.97. The molecule has 2 aromatic rings. The molecule has 34 heavy (non-hydrogen) atoms. The van der Waals surface area contributed by atoms with Crippen LogP contribution in [0.5, 0.6) is 5.75 Å². The number of hydrogen-bond donors (Lipinski definition) is 1. The molecule has 2 amide bonds. The Morgan fingerprint density at radius 2 is 1.79 bits per heavy atom. The van der Waals surface area contributed by atoms with Gasteiger partial charge in [0.05, 0.1) is 17.8 Å². The van der Waals surface area contributed by atoms with Crippen molar-refractivity contribution in [2.45, 2.75) is 40.2 Å². The van der Waals surface area contributed by atoms with Crippen LogP contribution >= 0.6 is 12.2 Å². The molecule has 0 spiro atoms. The van der Waals surface area contributed by atoms with Gasteiger partial charge in [0.2, 0.25) is 0 Å². The van der Waals surface area contributed by atoms with Gasteiger partial charge >= 0.3 is 0 Å². The normalized spacial score (nSPS) is 18.6. The van der Waals surface area contributed by atoms with Crippen molar-refractivity contribution in [2.75, 3.05) is 23.0 Å². The number of anilines is 2. The van der Waals surface area contributed by atoms with E-state index in [9.17, 15) is 9.59 Å². The van der Waals surface area contributed by atoms with Crippen molar-refractivity contribution < 1.29 is 14.3 Å². The first-order valence-electron chi connectivity index (χ1n) is 11.4. The van der Waals surface area contributed by atoms with Crippen LogP contribution < -0.4 is 19.9 Å². The second kappa shape index (κ2) is 9.06. The molecule has 2 aliphatic rings. The van der Waals surface area contributed by atoms with Crippen molar-refractivity contribution in [1.29, 1.82) is 0 Å². The third-order valence-corrected chi connectivity index (χ3v) is 6.42. The maximum absolute atomic E-state index is 13.4. The zero-order chi connectivity index (χ0) is 24.6. The topological polar surface area (TPSA) is 61.9 Å². The minimum Gasteiger partial charge on any atom is -0.494 e. The van der Waals surface area contributed by atoms with Crippen LogP contribution in [0.15, 0.2) is 54.1 Å². The molecule has 2 aliphatic heterocycles. The number of rotatable bonds is 5. The molecule has 176 valence electrons. The Bertz CT molecular complexity index is 1230. The number of likely N-dealkylation sites (N-methyl/N-ethyl adjacent to an activating group) is 1. The monoisotopic (exact) mass is 475 g/mol. The Hall–Kier alpha value is -3.45. The number of thiocarbonyl (C=S) groups is 1. The first kappa shape index (κ1) is 23.7. The number of allylic oxidation sites excluding steroid dienone is 1. The van der Waals surface area contributed by atoms with Crippen molar-refractivity contribution >= 4 is 52.2 Å². The van der Waals surface area contributed by atoms with Crippen LogP contribution in [-0.2, 0) is 9.59 Å². The molecule has 0 radical (unpaired) electrons. The number of amides is 2. The lowest BCUT2D eigenvalue weighted by molar-refractivity contribution is -0.122. The summed E-state index contributed by atoms with van der Waals surface area (Å²) in [7, 11) is 0. The Morgan fingerprint density at radius 1 is 1.09 bits per heavy atom. The van der Waals surface area contributed by atoms with Crippen molar-refractivity contribution in [3.8, 4) is 5.75 Å². The highest BCUT2D eigenvalue weighted by Gasteiger charge is 2.35. The SMILES string of the molecule is CCOc1ccc(N2C(=O)/C(=C/c3ccc4c(c3)C(C)=CC(C)(C)N4CC)C(=O)NC2=S)cc1. The molecule has 2 aromatic carbocycles. The van der Waals surface area contributed by atoms with Gasteiger partial charge in [0.25, 0.3) is 11.8 Å². The molecule has 6 nitrogen and oxygen atoms in total. The van der Waals surface area contributed by atoms with Crippen LogP contribution in [0.25, 0.3) is 11.6 Å². The maximum Gasteiger partial charge on any atom is 0.270 e. The molecular formula is C27H29N3O3S. The zero-order valence-electron chi connectivity index (χ0n) is 20.1. The van der Waals surface area contributed by atoms with E-state index in [4.69, 9.17) is 17.0 Å². The predicted octanol–water partition coefficient (Wildman–Crippen LogP) is 4.94. The summed E-state index contributed by atoms with van der Waals surface area (Å²) < 4.78 is 5.48. The molecule has 0 bridgehead atoms. The van der Waals surface area contributed by atoms with Gasteiger partial charge in [-0.1, -0.05) is 12.1 Å². The van der Waals surface area contributed by atoms with E-state index < -0.39 is 11.8 Å². The molecule has 0 aromatic heterocycles. The van der Waals surface area contributed by atoms with Gasteiger partial charge in [-0.25, -0.2) is 0 Å². The minimum absolute atomic E-state index is 0.0348. The Morgan fingerprint density at radius 3 is 2.44 bits per heavy atom. The third-order valence-electron chi connectivity index (χ3n) is 6.14. The largest absolute Gasteiger partial charge is 0.494 e. The highest BCUT2D eigenvalue weighted by molar-refractivity contribution is 7.80. The molecule has 0 aliphatic carbocycles. The first-order chi connectivity index (χ1) is 16.2. The van der Waals surface area contributed by atoms with E-state index in [2.05, 4.69) is 50.1 Å². The maximum atomic E-state index is 13.4. The number of fused-ring (bicyclic) bond motifs is 1. The third kappa shape index (κ3) is 4.23. The minimum atomic E-state index is -0.501. The van der Waals surface area contributed by atoms with Gasteiger partial charge in [-0.15, -0.1) is 0 Å². The molecule has 1 saturated heterocycles. The predicted molar refractivity (Wildman–Crippen MR) is 141 cm³/mol. The second-order valence-electron chi connectivity index (χ2n) is 8.89. The number of hydrogen-bond acceptors (Lipinski definition) is 5. The highest BCUT2D eigenvalue weighted by atomic mass is 32.1. The summed E-state index contributed by atoms with van der Waals surface area (Å²) in [4.78, 5) is 29.8. The number of nitrogens with zero attached hydrogens (tertiary/aromatic N) is 2. The quantitative estimate of drug-likeness (QED) is 0.377. The van der Waals surface area contributed by atoms with Crippen molar-refractivity contribution in [3.05, 3.63) is 65.2 Å². The number of carbonyl (C=O) groups is 2. The Kier molecular flexibility index (Phi) is 6.32. The van der Waals surface area contributed by atoms with E-state index in [-0.39, 0.29) is 16.2 Å². The molecule has 1 N–H and O–H groups in total. The summed E-state index contributed by atoms with van der Waals surface area (Å²) in [5.41, 5.74) is 4.70. The fourth-order valence-electron chi connectivity index (χ4n) is 4.69. The van der Waals surface area contributed by atoms with E-state index in [1.807, 2.05) is 19.1 Å². The number of benzene rings is 2. The molecule has 0 unspecified atom stereocenters. The van der Waals surface area contributed by atoms with Gasteiger partial charge in [-0.3, -0.25) is 19.8 Å². The Balaban J connectivity index is 1.70. The van der Waals surface area contributed by atoms with E-state index in [1.54, 1.807) is 30.3 Å². The average molecular weight is 476 g/mol. The number of ether oxygens (including phenoxy) is 1. The summed E-state index contributed by atoms with van der Waals surface area (Å²) in [6.45, 7) is 12.0. The lowest BCUT2D eigenvalue weighted by atomic mass is 9.88. The number of carbonyl (C=O) groups excluding carboxylic acids is 2. The summed E-state index contributed by atoms with van der Waals surface area (Å²) in [5.74, 6) is -0.263. The van der Waals surface area contributed by atoms with E-state index in [0.29, 0.717) is 18.0 Å². The smallest absolute Gasteiger partial charge is 0.270 e. The first-order valence-corrected chi connectivity index (χ1v) is 11.8. The van der Waals surface area contributed by atoms with Crippen LogP contribution in [-0.4, -0.2) is 35.6 Å². The summed E-state index contributed by atoms with van der Waals surface area (Å²) in [6, 6.07) is 13.1. The second-order valence-corrected chi connectivity index (χ2v) is 9.27. The van der Waals surface area contributed by atoms with Gasteiger partial charge in [-0.2, -0.15) is 0 Å². The summed E-state index contributed by atoms with van der Waals surface area (Å²) in [6.07, 6.45) is 3.88. The van der Waals surface area contributed by atoms with E-state index >= 15 is 0 Å². The van der Waals surface area contributed by atoms with Crippen LogP contribution in [0, 0.1) is 0 Å². The van der Waals surface area contributed by atoms with E-state index in [1.165, 1.54) is 10.5 Å². The van der Waals surface area contributed by atoms with Crippen molar-refractivity contribution in [1.82, 2.24) is 5.32 Å². The summed E-state index contributed by atoms with van der Waals surface area (Å²) in [5, 5.41) is 2.70. The fraction of sp³-hybridized carbons (Fsp3) is 0.296. The molecule has 0 atom stereocenters. The van der Waals surface area contributed by atoms with E-state index in [0.717, 1.165) is 23.4 Å². The highest BCUT2D eigenvalue weighted by Crippen LogP contribution is 2.39.